The van der Waals surface area contributed by atoms with Crippen molar-refractivity contribution in [2.75, 3.05) is 5.43 Å². The molecule has 20 heavy (non-hydrogen) atoms. The number of anilines is 1. The molecule has 2 rings (SSSR count). The summed E-state index contributed by atoms with van der Waals surface area (Å²) in [5.41, 5.74) is 3.74. The minimum Gasteiger partial charge on any atom is -0.439 e. The quantitative estimate of drug-likeness (QED) is 0.663. The van der Waals surface area contributed by atoms with Crippen LogP contribution in [-0.4, -0.2) is 9.97 Å². The number of hydrogen-bond donors (Lipinski definition) is 2. The van der Waals surface area contributed by atoms with Crippen LogP contribution in [0.15, 0.2) is 18.2 Å². The molecule has 106 valence electrons. The van der Waals surface area contributed by atoms with Crippen LogP contribution in [-0.2, 0) is 6.42 Å². The van der Waals surface area contributed by atoms with Gasteiger partial charge in [0.2, 0.25) is 5.88 Å². The van der Waals surface area contributed by atoms with Gasteiger partial charge in [-0.1, -0.05) is 6.92 Å². The van der Waals surface area contributed by atoms with Crippen LogP contribution < -0.4 is 16.0 Å². The maximum Gasteiger partial charge on any atom is 0.227 e. The van der Waals surface area contributed by atoms with Gasteiger partial charge in [-0.2, -0.15) is 4.98 Å². The van der Waals surface area contributed by atoms with E-state index in [2.05, 4.69) is 15.4 Å². The summed E-state index contributed by atoms with van der Waals surface area (Å²) in [5, 5.41) is 0. The highest BCUT2D eigenvalue weighted by atomic mass is 19.1. The van der Waals surface area contributed by atoms with Crippen LogP contribution in [0.4, 0.5) is 10.2 Å². The average molecular weight is 276 g/mol. The third kappa shape index (κ3) is 2.85. The summed E-state index contributed by atoms with van der Waals surface area (Å²) in [6.07, 6.45) is 0.660. The van der Waals surface area contributed by atoms with Crippen LogP contribution in [0.3, 0.4) is 0 Å². The SMILES string of the molecule is CCc1nc(NN)c(C)c(Oc2ccc(F)c(C)c2)n1. The zero-order chi connectivity index (χ0) is 14.7. The molecular formula is C14H17FN4O. The standard InChI is InChI=1S/C14H17FN4O/c1-4-12-17-13(19-16)9(3)14(18-12)20-10-5-6-11(15)8(2)7-10/h5-7H,4,16H2,1-3H3,(H,17,18,19). The molecule has 0 amide bonds. The predicted octanol–water partition coefficient (Wildman–Crippen LogP) is 2.87. The minimum atomic E-state index is -0.268. The fourth-order valence-electron chi connectivity index (χ4n) is 1.73. The summed E-state index contributed by atoms with van der Waals surface area (Å²) in [4.78, 5) is 8.58. The summed E-state index contributed by atoms with van der Waals surface area (Å²) in [6, 6.07) is 4.55. The summed E-state index contributed by atoms with van der Waals surface area (Å²) in [7, 11) is 0. The number of halogens is 1. The molecule has 0 aliphatic carbocycles. The van der Waals surface area contributed by atoms with E-state index >= 15 is 0 Å². The van der Waals surface area contributed by atoms with Crippen LogP contribution in [0.25, 0.3) is 0 Å². The first-order valence-corrected chi connectivity index (χ1v) is 6.33. The van der Waals surface area contributed by atoms with Crippen molar-refractivity contribution in [3.8, 4) is 11.6 Å². The number of hydrazine groups is 1. The second kappa shape index (κ2) is 5.83. The second-order valence-electron chi connectivity index (χ2n) is 4.43. The third-order valence-corrected chi connectivity index (χ3v) is 2.94. The lowest BCUT2D eigenvalue weighted by atomic mass is 10.2. The van der Waals surface area contributed by atoms with E-state index in [1.54, 1.807) is 26.0 Å². The fraction of sp³-hybridized carbons (Fsp3) is 0.286. The highest BCUT2D eigenvalue weighted by Crippen LogP contribution is 2.27. The maximum atomic E-state index is 13.2. The Kier molecular flexibility index (Phi) is 4.14. The molecule has 0 radical (unpaired) electrons. The number of nitrogens with one attached hydrogen (secondary N) is 1. The van der Waals surface area contributed by atoms with Gasteiger partial charge >= 0.3 is 0 Å². The van der Waals surface area contributed by atoms with Gasteiger partial charge in [0, 0.05) is 6.42 Å². The van der Waals surface area contributed by atoms with Crippen molar-refractivity contribution in [1.29, 1.82) is 0 Å². The van der Waals surface area contributed by atoms with E-state index in [0.29, 0.717) is 40.8 Å². The number of benzene rings is 1. The minimum absolute atomic E-state index is 0.268. The highest BCUT2D eigenvalue weighted by Gasteiger charge is 2.12. The molecule has 0 unspecified atom stereocenters. The van der Waals surface area contributed by atoms with Gasteiger partial charge in [0.05, 0.1) is 5.56 Å². The van der Waals surface area contributed by atoms with Crippen LogP contribution in [0.5, 0.6) is 11.6 Å². The predicted molar refractivity (Wildman–Crippen MR) is 75.2 cm³/mol. The number of nitrogens with zero attached hydrogens (tertiary/aromatic N) is 2. The molecule has 6 heteroatoms. The van der Waals surface area contributed by atoms with E-state index in [1.165, 1.54) is 6.07 Å². The Morgan fingerprint density at radius 1 is 1.30 bits per heavy atom. The van der Waals surface area contributed by atoms with Crippen LogP contribution in [0.1, 0.15) is 23.9 Å². The number of ether oxygens (including phenoxy) is 1. The molecule has 0 fully saturated rings. The van der Waals surface area contributed by atoms with Crippen molar-refractivity contribution in [3.63, 3.8) is 0 Å². The van der Waals surface area contributed by atoms with E-state index in [1.807, 2.05) is 6.92 Å². The van der Waals surface area contributed by atoms with Crippen molar-refractivity contribution in [1.82, 2.24) is 9.97 Å². The molecule has 0 bridgehead atoms. The first kappa shape index (κ1) is 14.2. The zero-order valence-electron chi connectivity index (χ0n) is 11.7. The van der Waals surface area contributed by atoms with Crippen molar-refractivity contribution in [2.24, 2.45) is 5.84 Å². The molecule has 1 aromatic carbocycles. The second-order valence-corrected chi connectivity index (χ2v) is 4.43. The molecule has 0 aliphatic rings. The summed E-state index contributed by atoms with van der Waals surface area (Å²) >= 11 is 0. The smallest absolute Gasteiger partial charge is 0.227 e. The molecule has 0 saturated heterocycles. The average Bonchev–Trinajstić information content (AvgIpc) is 2.45. The Hall–Kier alpha value is -2.21. The van der Waals surface area contributed by atoms with E-state index in [0.717, 1.165) is 0 Å². The first-order chi connectivity index (χ1) is 9.55. The largest absolute Gasteiger partial charge is 0.439 e. The molecule has 2 aromatic rings. The number of hydrogen-bond acceptors (Lipinski definition) is 5. The third-order valence-electron chi connectivity index (χ3n) is 2.94. The van der Waals surface area contributed by atoms with Gasteiger partial charge in [-0.3, -0.25) is 0 Å². The molecule has 1 aromatic heterocycles. The molecule has 5 nitrogen and oxygen atoms in total. The van der Waals surface area contributed by atoms with Gasteiger partial charge in [0.15, 0.2) is 0 Å². The molecule has 3 N–H and O–H groups in total. The van der Waals surface area contributed by atoms with Gasteiger partial charge in [-0.15, -0.1) is 0 Å². The Morgan fingerprint density at radius 2 is 2.05 bits per heavy atom. The van der Waals surface area contributed by atoms with Crippen LogP contribution in [0.2, 0.25) is 0 Å². The highest BCUT2D eigenvalue weighted by molar-refractivity contribution is 5.49. The first-order valence-electron chi connectivity index (χ1n) is 6.33. The topological polar surface area (TPSA) is 73.1 Å². The summed E-state index contributed by atoms with van der Waals surface area (Å²) in [5.74, 6) is 7.25. The molecule has 0 atom stereocenters. The lowest BCUT2D eigenvalue weighted by molar-refractivity contribution is 0.453. The Balaban J connectivity index is 2.39. The van der Waals surface area contributed by atoms with E-state index in [-0.39, 0.29) is 5.82 Å². The number of nitrogen functional groups attached to an aromatic ring is 1. The Bertz CT molecular complexity index is 631. The number of nitrogens with two attached hydrogens (primary N) is 1. The normalized spacial score (nSPS) is 10.4. The van der Waals surface area contributed by atoms with Crippen molar-refractivity contribution >= 4 is 5.82 Å². The van der Waals surface area contributed by atoms with Crippen LogP contribution in [0, 0.1) is 19.7 Å². The molecule has 0 spiro atoms. The van der Waals surface area contributed by atoms with Gasteiger partial charge in [0.1, 0.15) is 23.2 Å². The summed E-state index contributed by atoms with van der Waals surface area (Å²) in [6.45, 7) is 5.43. The molecule has 0 saturated carbocycles. The van der Waals surface area contributed by atoms with E-state index < -0.39 is 0 Å². The number of rotatable bonds is 4. The summed E-state index contributed by atoms with van der Waals surface area (Å²) < 4.78 is 19.0. The fourth-order valence-corrected chi connectivity index (χ4v) is 1.73. The molecule has 1 heterocycles. The Labute approximate surface area is 117 Å². The van der Waals surface area contributed by atoms with Gasteiger partial charge < -0.3 is 10.2 Å². The number of aryl methyl sites for hydroxylation is 2. The molecule has 0 aliphatic heterocycles. The lowest BCUT2D eigenvalue weighted by Crippen LogP contribution is -2.13. The zero-order valence-corrected chi connectivity index (χ0v) is 11.7. The number of aromatic nitrogens is 2. The van der Waals surface area contributed by atoms with Crippen LogP contribution >= 0.6 is 0 Å². The van der Waals surface area contributed by atoms with Gasteiger partial charge in [-0.05, 0) is 37.6 Å². The van der Waals surface area contributed by atoms with Crippen molar-refractivity contribution < 1.29 is 9.13 Å². The Morgan fingerprint density at radius 3 is 2.65 bits per heavy atom. The van der Waals surface area contributed by atoms with Gasteiger partial charge in [0.25, 0.3) is 0 Å². The van der Waals surface area contributed by atoms with Crippen molar-refractivity contribution in [3.05, 3.63) is 41.0 Å². The van der Waals surface area contributed by atoms with Crippen molar-refractivity contribution in [2.45, 2.75) is 27.2 Å². The van der Waals surface area contributed by atoms with E-state index in [4.69, 9.17) is 10.6 Å². The monoisotopic (exact) mass is 276 g/mol. The van der Waals surface area contributed by atoms with Gasteiger partial charge in [-0.25, -0.2) is 15.2 Å². The lowest BCUT2D eigenvalue weighted by Gasteiger charge is -2.12. The van der Waals surface area contributed by atoms with E-state index in [9.17, 15) is 4.39 Å². The maximum absolute atomic E-state index is 13.2. The molecular weight excluding hydrogens is 259 g/mol.